The first-order chi connectivity index (χ1) is 45.0. The molecule has 3 aliphatic heterocycles. The van der Waals surface area contributed by atoms with E-state index in [-0.39, 0.29) is 28.4 Å². The zero-order valence-corrected chi connectivity index (χ0v) is 55.3. The molecule has 0 amide bonds. The highest BCUT2D eigenvalue weighted by atomic mass is 15.2. The Labute approximate surface area is 550 Å². The Bertz CT molecular complexity index is 4810. The van der Waals surface area contributed by atoms with E-state index in [0.29, 0.717) is 11.8 Å². The Morgan fingerprint density at radius 3 is 1.45 bits per heavy atom. The van der Waals surface area contributed by atoms with Gasteiger partial charge in [-0.25, -0.2) is 0 Å². The van der Waals surface area contributed by atoms with Gasteiger partial charge in [0, 0.05) is 61.7 Å². The molecule has 1 aromatic heterocycles. The second kappa shape index (κ2) is 20.3. The lowest BCUT2D eigenvalue weighted by molar-refractivity contribution is -0.0419. The largest absolute Gasteiger partial charge is 0.311 e. The van der Waals surface area contributed by atoms with Gasteiger partial charge in [0.25, 0.3) is 6.71 Å². The summed E-state index contributed by atoms with van der Waals surface area (Å²) in [7, 11) is 0. The average molecular weight is 1210 g/mol. The van der Waals surface area contributed by atoms with Gasteiger partial charge in [0.1, 0.15) is 0 Å². The molecule has 0 atom stereocenters. The third-order valence-electron chi connectivity index (χ3n) is 23.0. The van der Waals surface area contributed by atoms with Crippen LogP contribution in [0.5, 0.6) is 0 Å². The second-order valence-corrected chi connectivity index (χ2v) is 31.4. The predicted octanol–water partition coefficient (Wildman–Crippen LogP) is 21.6. The van der Waals surface area contributed by atoms with Gasteiger partial charge in [-0.2, -0.15) is 0 Å². The molecule has 93 heavy (non-hydrogen) atoms. The molecular weight excluding hydrogens is 1120 g/mol. The maximum absolute atomic E-state index is 2.79. The van der Waals surface area contributed by atoms with E-state index in [1.165, 1.54) is 138 Å². The Morgan fingerprint density at radius 1 is 0.366 bits per heavy atom. The van der Waals surface area contributed by atoms with Gasteiger partial charge in [0.05, 0.1) is 22.4 Å². The molecular formula is C88H81BN4. The number of rotatable bonds is 7. The topological polar surface area (TPSA) is 14.7 Å². The minimum atomic E-state index is -0.0857. The molecule has 7 aliphatic rings. The maximum atomic E-state index is 2.79. The van der Waals surface area contributed by atoms with E-state index in [4.69, 9.17) is 0 Å². The number of nitrogens with zero attached hydrogens (tertiary/aromatic N) is 4. The van der Waals surface area contributed by atoms with E-state index in [2.05, 4.69) is 324 Å². The molecule has 5 heteroatoms. The quantitative estimate of drug-likeness (QED) is 0.148. The number of hydrogen-bond acceptors (Lipinski definition) is 3. The molecule has 4 aliphatic carbocycles. The fraction of sp³-hybridized carbons (Fsp3) is 0.250. The molecule has 12 aromatic rings. The van der Waals surface area contributed by atoms with Gasteiger partial charge in [0.2, 0.25) is 0 Å². The molecule has 4 bridgehead atoms. The number of anilines is 9. The van der Waals surface area contributed by atoms with Gasteiger partial charge >= 0.3 is 0 Å². The smallest absolute Gasteiger partial charge is 0.252 e. The minimum Gasteiger partial charge on any atom is -0.311 e. The van der Waals surface area contributed by atoms with Crippen molar-refractivity contribution in [2.75, 3.05) is 14.7 Å². The van der Waals surface area contributed by atoms with Crippen LogP contribution < -0.4 is 31.1 Å². The maximum Gasteiger partial charge on any atom is 0.252 e. The first-order valence-corrected chi connectivity index (χ1v) is 34.4. The molecule has 11 aromatic carbocycles. The van der Waals surface area contributed by atoms with Crippen molar-refractivity contribution in [1.29, 1.82) is 0 Å². The summed E-state index contributed by atoms with van der Waals surface area (Å²) in [5.41, 5.74) is 30.6. The fourth-order valence-corrected chi connectivity index (χ4v) is 18.8. The fourth-order valence-electron chi connectivity index (χ4n) is 18.8. The van der Waals surface area contributed by atoms with Crippen molar-refractivity contribution in [1.82, 2.24) is 4.57 Å². The Balaban J connectivity index is 0.938. The first-order valence-electron chi connectivity index (χ1n) is 34.4. The predicted molar refractivity (Wildman–Crippen MR) is 394 cm³/mol. The summed E-state index contributed by atoms with van der Waals surface area (Å²) in [5, 5.41) is 2.49. The minimum absolute atomic E-state index is 0.0596. The van der Waals surface area contributed by atoms with Crippen molar-refractivity contribution in [3.05, 3.63) is 270 Å². The number of benzene rings is 11. The van der Waals surface area contributed by atoms with Crippen molar-refractivity contribution < 1.29 is 0 Å². The van der Waals surface area contributed by atoms with Crippen LogP contribution in [0.2, 0.25) is 0 Å². The second-order valence-electron chi connectivity index (χ2n) is 31.4. The van der Waals surface area contributed by atoms with Crippen LogP contribution in [0.4, 0.5) is 51.2 Å². The van der Waals surface area contributed by atoms with Crippen molar-refractivity contribution in [3.8, 4) is 27.9 Å². The summed E-state index contributed by atoms with van der Waals surface area (Å²) in [6, 6.07) is 94.5. The van der Waals surface area contributed by atoms with E-state index < -0.39 is 0 Å². The van der Waals surface area contributed by atoms with E-state index in [0.717, 1.165) is 40.3 Å². The van der Waals surface area contributed by atoms with Crippen LogP contribution in [0.1, 0.15) is 122 Å². The summed E-state index contributed by atoms with van der Waals surface area (Å²) >= 11 is 0. The van der Waals surface area contributed by atoms with Crippen LogP contribution in [-0.2, 0) is 21.7 Å². The van der Waals surface area contributed by atoms with Crippen molar-refractivity contribution in [3.63, 3.8) is 0 Å². The van der Waals surface area contributed by atoms with Crippen molar-refractivity contribution in [2.45, 2.75) is 116 Å². The summed E-state index contributed by atoms with van der Waals surface area (Å²) in [5.74, 6) is 2.87. The molecule has 0 N–H and O–H groups in total. The van der Waals surface area contributed by atoms with E-state index >= 15 is 0 Å². The van der Waals surface area contributed by atoms with Crippen molar-refractivity contribution in [2.24, 2.45) is 23.7 Å². The summed E-state index contributed by atoms with van der Waals surface area (Å²) in [4.78, 5) is 7.90. The van der Waals surface area contributed by atoms with Crippen LogP contribution >= 0.6 is 0 Å². The first kappa shape index (κ1) is 56.4. The van der Waals surface area contributed by atoms with Gasteiger partial charge in [-0.15, -0.1) is 0 Å². The average Bonchev–Trinajstić information content (AvgIpc) is 0.972. The van der Waals surface area contributed by atoms with Crippen LogP contribution in [0, 0.1) is 23.7 Å². The summed E-state index contributed by atoms with van der Waals surface area (Å²) < 4.78 is 2.62. The normalized spacial score (nSPS) is 19.9. The molecule has 4 nitrogen and oxygen atoms in total. The zero-order valence-electron chi connectivity index (χ0n) is 55.3. The van der Waals surface area contributed by atoms with E-state index in [1.54, 1.807) is 11.1 Å². The third-order valence-corrected chi connectivity index (χ3v) is 23.0. The molecule has 456 valence electrons. The van der Waals surface area contributed by atoms with Gasteiger partial charge in [-0.1, -0.05) is 208 Å². The van der Waals surface area contributed by atoms with E-state index in [9.17, 15) is 0 Å². The lowest BCUT2D eigenvalue weighted by Crippen LogP contribution is -2.64. The van der Waals surface area contributed by atoms with Gasteiger partial charge in [-0.3, -0.25) is 0 Å². The number of para-hydroxylation sites is 4. The van der Waals surface area contributed by atoms with Crippen LogP contribution in [0.3, 0.4) is 0 Å². The molecule has 19 rings (SSSR count). The molecule has 0 saturated heterocycles. The highest BCUT2D eigenvalue weighted by Gasteiger charge is 2.63. The molecule has 0 unspecified atom stereocenters. The molecule has 0 radical (unpaired) electrons. The van der Waals surface area contributed by atoms with Crippen molar-refractivity contribution >= 4 is 96.1 Å². The van der Waals surface area contributed by atoms with Crippen LogP contribution in [0.25, 0.3) is 49.7 Å². The lowest BCUT2D eigenvalue weighted by atomic mass is 9.32. The Kier molecular flexibility index (Phi) is 12.3. The number of fused-ring (bicyclic) bond motifs is 9. The highest BCUT2D eigenvalue weighted by Crippen LogP contribution is 2.70. The van der Waals surface area contributed by atoms with Gasteiger partial charge < -0.3 is 19.3 Å². The lowest BCUT2D eigenvalue weighted by Gasteiger charge is -2.64. The monoisotopic (exact) mass is 1200 g/mol. The standard InChI is InChI=1S/C88H81BN4/c1-85(2,3)61-36-30-57(31-37-61)59-34-41-77-71(49-59)72-50-60(58-32-38-62(39-33-58)86(4,5)6)35-42-78(72)92(77)70-53-81-83-82(54-70)93-79-29-17-16-26-73(79)88(64-45-55-44-56(47-64)48-65(88)46-55)74-27-19-28-75(84(74)93)89(83)76-52-69(90(66-21-12-10-13-22-66)67-23-14-11-15-24-67)40-43-80(76)91(81)68-25-18-20-63(51-68)87(7,8)9/h10-43,49-56,64-65H,44-48H2,1-9H3. The zero-order chi connectivity index (χ0) is 63.0. The summed E-state index contributed by atoms with van der Waals surface area (Å²) in [6.07, 6.45) is 6.72. The van der Waals surface area contributed by atoms with E-state index in [1.807, 2.05) is 0 Å². The third kappa shape index (κ3) is 8.57. The van der Waals surface area contributed by atoms with Crippen LogP contribution in [0.15, 0.2) is 243 Å². The number of hydrogen-bond donors (Lipinski definition) is 0. The molecule has 4 saturated carbocycles. The molecule has 1 spiro atoms. The van der Waals surface area contributed by atoms with Crippen LogP contribution in [-0.4, -0.2) is 11.3 Å². The van der Waals surface area contributed by atoms with Gasteiger partial charge in [0.15, 0.2) is 0 Å². The number of aromatic nitrogens is 1. The molecule has 4 heterocycles. The Hall–Kier alpha value is -9.32. The molecule has 4 fully saturated rings. The Morgan fingerprint density at radius 2 is 0.882 bits per heavy atom. The SMILES string of the molecule is CC(C)(C)c1ccc(-c2ccc3c(c2)c2cc(-c4ccc(C(C)(C)C)cc4)ccc2n3-c2cc3c4c(c2)N2c5ccccc5C5(c6cccc(c62)B4c2cc(N(c4ccccc4)c4ccccc4)ccc2N3c2cccc(C(C)(C)C)c2)C2CC3CC(C2)CC5C3)cc1. The highest BCUT2D eigenvalue weighted by molar-refractivity contribution is 7.00. The van der Waals surface area contributed by atoms with Gasteiger partial charge in [-0.05, 0) is 236 Å². The summed E-state index contributed by atoms with van der Waals surface area (Å²) in [6.45, 7) is 20.8.